The Labute approximate surface area is 122 Å². The number of hydrogen-bond donors (Lipinski definition) is 2. The first kappa shape index (κ1) is 13.6. The van der Waals surface area contributed by atoms with Crippen molar-refractivity contribution in [2.24, 2.45) is 10.5 Å². The number of amides is 1. The number of ether oxygens (including phenoxy) is 1. The molecular formula is C15H17N3O3. The van der Waals surface area contributed by atoms with Crippen molar-refractivity contribution >= 4 is 23.7 Å². The first-order valence-corrected chi connectivity index (χ1v) is 6.99. The number of hydrogen-bond acceptors (Lipinski definition) is 4. The molecule has 0 saturated heterocycles. The molecule has 6 nitrogen and oxygen atoms in total. The van der Waals surface area contributed by atoms with Crippen LogP contribution >= 0.6 is 0 Å². The van der Waals surface area contributed by atoms with Gasteiger partial charge >= 0.3 is 5.97 Å². The van der Waals surface area contributed by atoms with Crippen LogP contribution in [0.4, 0.5) is 0 Å². The molecule has 21 heavy (non-hydrogen) atoms. The lowest BCUT2D eigenvalue weighted by atomic mass is 9.95. The van der Waals surface area contributed by atoms with Crippen molar-refractivity contribution in [3.8, 4) is 0 Å². The molecule has 6 heteroatoms. The molecule has 1 saturated carbocycles. The zero-order chi connectivity index (χ0) is 15.0. The number of aromatic nitrogens is 1. The fourth-order valence-corrected chi connectivity index (χ4v) is 2.34. The summed E-state index contributed by atoms with van der Waals surface area (Å²) in [5.74, 6) is -0.581. The minimum atomic E-state index is -0.377. The zero-order valence-electron chi connectivity index (χ0n) is 12.0. The molecule has 110 valence electrons. The molecule has 3 rings (SSSR count). The summed E-state index contributed by atoms with van der Waals surface area (Å²) in [7, 11) is 0. The van der Waals surface area contributed by atoms with Crippen molar-refractivity contribution in [1.82, 2.24) is 10.4 Å². The largest absolute Gasteiger partial charge is 0.462 e. The second-order valence-electron chi connectivity index (χ2n) is 5.58. The number of nitrogens with one attached hydrogen (secondary N) is 2. The second-order valence-corrected chi connectivity index (χ2v) is 5.58. The van der Waals surface area contributed by atoms with E-state index >= 15 is 0 Å². The third-order valence-electron chi connectivity index (χ3n) is 3.86. The fourth-order valence-electron chi connectivity index (χ4n) is 2.34. The minimum Gasteiger partial charge on any atom is -0.462 e. The van der Waals surface area contributed by atoms with Gasteiger partial charge in [0, 0.05) is 17.3 Å². The van der Waals surface area contributed by atoms with Gasteiger partial charge in [-0.3, -0.25) is 4.79 Å². The lowest BCUT2D eigenvalue weighted by molar-refractivity contribution is -0.116. The van der Waals surface area contributed by atoms with Crippen LogP contribution in [0.2, 0.25) is 0 Å². The molecule has 2 heterocycles. The highest BCUT2D eigenvalue weighted by Crippen LogP contribution is 2.49. The van der Waals surface area contributed by atoms with E-state index in [4.69, 9.17) is 4.74 Å². The van der Waals surface area contributed by atoms with Gasteiger partial charge in [-0.05, 0) is 31.9 Å². The Morgan fingerprint density at radius 1 is 1.52 bits per heavy atom. The van der Waals surface area contributed by atoms with Gasteiger partial charge in [0.05, 0.1) is 23.5 Å². The van der Waals surface area contributed by atoms with Gasteiger partial charge in [0.25, 0.3) is 5.91 Å². The first-order valence-electron chi connectivity index (χ1n) is 6.99. The molecule has 1 aromatic heterocycles. The number of carbonyl (C=O) groups is 2. The van der Waals surface area contributed by atoms with Crippen LogP contribution in [-0.4, -0.2) is 29.2 Å². The lowest BCUT2D eigenvalue weighted by Crippen LogP contribution is -2.17. The zero-order valence-corrected chi connectivity index (χ0v) is 12.0. The number of esters is 1. The fraction of sp³-hybridized carbons (Fsp3) is 0.400. The smallest absolute Gasteiger partial charge is 0.339 e. The van der Waals surface area contributed by atoms with Crippen LogP contribution in [0, 0.1) is 5.41 Å². The average Bonchev–Trinajstić information content (AvgIpc) is 2.88. The average molecular weight is 287 g/mol. The van der Waals surface area contributed by atoms with E-state index in [0.29, 0.717) is 23.4 Å². The summed E-state index contributed by atoms with van der Waals surface area (Å²) in [6.07, 6.45) is 5.38. The molecule has 1 amide bonds. The summed E-state index contributed by atoms with van der Waals surface area (Å²) in [4.78, 5) is 26.5. The summed E-state index contributed by atoms with van der Waals surface area (Å²) in [5, 5.41) is 4.14. The van der Waals surface area contributed by atoms with Crippen LogP contribution in [0.1, 0.15) is 42.7 Å². The van der Waals surface area contributed by atoms with E-state index in [-0.39, 0.29) is 17.3 Å². The summed E-state index contributed by atoms with van der Waals surface area (Å²) < 4.78 is 4.94. The molecule has 0 spiro atoms. The van der Waals surface area contributed by atoms with Gasteiger partial charge in [-0.15, -0.1) is 0 Å². The van der Waals surface area contributed by atoms with Gasteiger partial charge < -0.3 is 9.72 Å². The predicted molar refractivity (Wildman–Crippen MR) is 77.6 cm³/mol. The Morgan fingerprint density at radius 2 is 2.29 bits per heavy atom. The Kier molecular flexibility index (Phi) is 3.16. The van der Waals surface area contributed by atoms with Crippen molar-refractivity contribution in [3.63, 3.8) is 0 Å². The summed E-state index contributed by atoms with van der Waals surface area (Å²) in [6.45, 7) is 4.19. The number of rotatable bonds is 4. The maximum Gasteiger partial charge on any atom is 0.339 e. The topological polar surface area (TPSA) is 83.5 Å². The number of nitrogens with zero attached hydrogens (tertiary/aromatic N) is 1. The molecule has 0 aromatic carbocycles. The maximum atomic E-state index is 11.9. The van der Waals surface area contributed by atoms with Gasteiger partial charge in [0.15, 0.2) is 0 Å². The standard InChI is InChI=1S/C15H17N3O3/c1-3-21-14(20)9-6-10(16-8-9)7-11-12(15(2)4-5-15)17-18-13(11)19/h6-8,16H,3-5H2,1-2H3,(H,18,19). The van der Waals surface area contributed by atoms with Crippen molar-refractivity contribution in [3.05, 3.63) is 29.1 Å². The highest BCUT2D eigenvalue weighted by Gasteiger charge is 2.47. The first-order chi connectivity index (χ1) is 10.0. The van der Waals surface area contributed by atoms with Crippen molar-refractivity contribution in [2.75, 3.05) is 6.61 Å². The van der Waals surface area contributed by atoms with E-state index in [2.05, 4.69) is 22.4 Å². The molecule has 2 aliphatic rings. The molecule has 1 aliphatic carbocycles. The second kappa shape index (κ2) is 4.87. The Balaban J connectivity index is 1.86. The van der Waals surface area contributed by atoms with Crippen LogP contribution in [0.3, 0.4) is 0 Å². The van der Waals surface area contributed by atoms with Crippen LogP contribution in [0.25, 0.3) is 6.08 Å². The SMILES string of the molecule is CCOC(=O)c1c[nH]c(C=C2C(=O)NN=C2C2(C)CC2)c1. The van der Waals surface area contributed by atoms with E-state index in [1.807, 2.05) is 0 Å². The molecule has 1 aromatic rings. The molecular weight excluding hydrogens is 270 g/mol. The van der Waals surface area contributed by atoms with E-state index in [1.165, 1.54) is 0 Å². The van der Waals surface area contributed by atoms with Gasteiger partial charge in [-0.25, -0.2) is 10.2 Å². The van der Waals surface area contributed by atoms with E-state index in [9.17, 15) is 9.59 Å². The van der Waals surface area contributed by atoms with Crippen molar-refractivity contribution < 1.29 is 14.3 Å². The third kappa shape index (κ3) is 2.49. The molecule has 0 unspecified atom stereocenters. The Bertz CT molecular complexity index is 665. The normalized spacial score (nSPS) is 21.1. The highest BCUT2D eigenvalue weighted by atomic mass is 16.5. The lowest BCUT2D eigenvalue weighted by Gasteiger charge is -2.07. The van der Waals surface area contributed by atoms with Crippen molar-refractivity contribution in [1.29, 1.82) is 0 Å². The monoisotopic (exact) mass is 287 g/mol. The van der Waals surface area contributed by atoms with Gasteiger partial charge in [-0.1, -0.05) is 6.92 Å². The number of H-pyrrole nitrogens is 1. The molecule has 0 radical (unpaired) electrons. The summed E-state index contributed by atoms with van der Waals surface area (Å²) in [5.41, 5.74) is 5.01. The summed E-state index contributed by atoms with van der Waals surface area (Å²) in [6, 6.07) is 1.67. The number of carbonyl (C=O) groups excluding carboxylic acids is 2. The van der Waals surface area contributed by atoms with E-state index in [1.54, 1.807) is 25.3 Å². The van der Waals surface area contributed by atoms with E-state index < -0.39 is 0 Å². The third-order valence-corrected chi connectivity index (χ3v) is 3.86. The highest BCUT2D eigenvalue weighted by molar-refractivity contribution is 6.29. The van der Waals surface area contributed by atoms with Gasteiger partial charge in [0.2, 0.25) is 0 Å². The van der Waals surface area contributed by atoms with Crippen LogP contribution in [0.15, 0.2) is 22.9 Å². The maximum absolute atomic E-state index is 11.9. The Hall–Kier alpha value is -2.37. The van der Waals surface area contributed by atoms with Crippen LogP contribution in [-0.2, 0) is 9.53 Å². The van der Waals surface area contributed by atoms with Gasteiger partial charge in [-0.2, -0.15) is 5.10 Å². The van der Waals surface area contributed by atoms with Crippen LogP contribution < -0.4 is 5.43 Å². The molecule has 0 atom stereocenters. The van der Waals surface area contributed by atoms with Gasteiger partial charge in [0.1, 0.15) is 0 Å². The number of hydrazone groups is 1. The Morgan fingerprint density at radius 3 is 2.95 bits per heavy atom. The minimum absolute atomic E-state index is 0.00154. The quantitative estimate of drug-likeness (QED) is 0.655. The van der Waals surface area contributed by atoms with Crippen LogP contribution in [0.5, 0.6) is 0 Å². The molecule has 1 aliphatic heterocycles. The molecule has 1 fully saturated rings. The predicted octanol–water partition coefficient (Wildman–Crippen LogP) is 1.86. The number of aromatic amines is 1. The van der Waals surface area contributed by atoms with E-state index in [0.717, 1.165) is 18.6 Å². The molecule has 0 bridgehead atoms. The molecule has 2 N–H and O–H groups in total. The summed E-state index contributed by atoms with van der Waals surface area (Å²) >= 11 is 0. The van der Waals surface area contributed by atoms with Crippen molar-refractivity contribution in [2.45, 2.75) is 26.7 Å².